The summed E-state index contributed by atoms with van der Waals surface area (Å²) in [5.74, 6) is 0.900. The molecular formula is C16H25N5O2. The minimum atomic E-state index is -0.136. The number of aliphatic hydroxyl groups is 1. The lowest BCUT2D eigenvalue weighted by atomic mass is 10.1. The van der Waals surface area contributed by atoms with Crippen molar-refractivity contribution in [2.45, 2.75) is 39.8 Å². The van der Waals surface area contributed by atoms with Gasteiger partial charge in [0.25, 0.3) is 5.91 Å². The molecule has 7 heteroatoms. The van der Waals surface area contributed by atoms with Gasteiger partial charge >= 0.3 is 0 Å². The number of hydrogen-bond acceptors (Lipinski definition) is 4. The number of aliphatic hydroxyl groups excluding tert-OH is 1. The molecule has 0 saturated carbocycles. The van der Waals surface area contributed by atoms with Crippen molar-refractivity contribution in [3.8, 4) is 0 Å². The molecule has 0 radical (unpaired) electrons. The van der Waals surface area contributed by atoms with Gasteiger partial charge in [0.15, 0.2) is 0 Å². The predicted octanol–water partition coefficient (Wildman–Crippen LogP) is 1.39. The van der Waals surface area contributed by atoms with Gasteiger partial charge in [-0.2, -0.15) is 5.10 Å². The highest BCUT2D eigenvalue weighted by Gasteiger charge is 2.22. The lowest BCUT2D eigenvalue weighted by molar-refractivity contribution is 0.0689. The SMILES string of the molecule is CCn1nc(C(C)C)cc1C(=O)N(CCO)Cc1nccn1C. The summed E-state index contributed by atoms with van der Waals surface area (Å²) in [6.07, 6.45) is 3.54. The number of aromatic nitrogens is 4. The molecule has 0 bridgehead atoms. The van der Waals surface area contributed by atoms with Crippen molar-refractivity contribution >= 4 is 5.91 Å². The van der Waals surface area contributed by atoms with E-state index in [4.69, 9.17) is 0 Å². The molecular weight excluding hydrogens is 294 g/mol. The second-order valence-corrected chi connectivity index (χ2v) is 5.83. The molecule has 7 nitrogen and oxygen atoms in total. The lowest BCUT2D eigenvalue weighted by Crippen LogP contribution is -2.35. The molecule has 0 saturated heterocycles. The minimum Gasteiger partial charge on any atom is -0.395 e. The third-order valence-corrected chi connectivity index (χ3v) is 3.82. The fourth-order valence-corrected chi connectivity index (χ4v) is 2.39. The van der Waals surface area contributed by atoms with Gasteiger partial charge in [0.05, 0.1) is 18.8 Å². The van der Waals surface area contributed by atoms with E-state index in [9.17, 15) is 9.90 Å². The van der Waals surface area contributed by atoms with E-state index in [1.54, 1.807) is 15.8 Å². The zero-order valence-electron chi connectivity index (χ0n) is 14.2. The van der Waals surface area contributed by atoms with Crippen molar-refractivity contribution in [3.05, 3.63) is 35.7 Å². The summed E-state index contributed by atoms with van der Waals surface area (Å²) in [5.41, 5.74) is 1.45. The summed E-state index contributed by atoms with van der Waals surface area (Å²) in [7, 11) is 1.89. The van der Waals surface area contributed by atoms with E-state index in [-0.39, 0.29) is 25.0 Å². The first-order chi connectivity index (χ1) is 11.0. The number of hydrogen-bond donors (Lipinski definition) is 1. The Morgan fingerprint density at radius 3 is 2.70 bits per heavy atom. The van der Waals surface area contributed by atoms with Crippen molar-refractivity contribution in [1.82, 2.24) is 24.2 Å². The van der Waals surface area contributed by atoms with Gasteiger partial charge in [0, 0.05) is 32.5 Å². The Morgan fingerprint density at radius 1 is 1.43 bits per heavy atom. The first-order valence-corrected chi connectivity index (χ1v) is 7.92. The lowest BCUT2D eigenvalue weighted by Gasteiger charge is -2.21. The zero-order chi connectivity index (χ0) is 17.0. The van der Waals surface area contributed by atoms with E-state index in [1.807, 2.05) is 30.8 Å². The van der Waals surface area contributed by atoms with Gasteiger partial charge in [-0.05, 0) is 18.9 Å². The number of carbonyl (C=O) groups excluding carboxylic acids is 1. The average molecular weight is 319 g/mol. The number of nitrogens with zero attached hydrogens (tertiary/aromatic N) is 5. The Hall–Kier alpha value is -2.15. The highest BCUT2D eigenvalue weighted by atomic mass is 16.3. The van der Waals surface area contributed by atoms with E-state index < -0.39 is 0 Å². The van der Waals surface area contributed by atoms with Crippen LogP contribution in [0.25, 0.3) is 0 Å². The summed E-state index contributed by atoms with van der Waals surface area (Å²) in [6.45, 7) is 7.22. The fraction of sp³-hybridized carbons (Fsp3) is 0.562. The molecule has 1 N–H and O–H groups in total. The molecule has 0 aliphatic carbocycles. The van der Waals surface area contributed by atoms with Gasteiger partial charge in [-0.15, -0.1) is 0 Å². The topological polar surface area (TPSA) is 76.2 Å². The molecule has 2 heterocycles. The van der Waals surface area contributed by atoms with Gasteiger partial charge in [-0.3, -0.25) is 9.48 Å². The smallest absolute Gasteiger partial charge is 0.272 e. The van der Waals surface area contributed by atoms with Crippen molar-refractivity contribution < 1.29 is 9.90 Å². The van der Waals surface area contributed by atoms with Crippen LogP contribution in [0.4, 0.5) is 0 Å². The fourth-order valence-electron chi connectivity index (χ4n) is 2.39. The van der Waals surface area contributed by atoms with Crippen LogP contribution >= 0.6 is 0 Å². The summed E-state index contributed by atoms with van der Waals surface area (Å²) in [4.78, 5) is 18.8. The average Bonchev–Trinajstić information content (AvgIpc) is 3.12. The maximum atomic E-state index is 12.9. The number of imidazole rings is 1. The Balaban J connectivity index is 2.28. The van der Waals surface area contributed by atoms with E-state index in [0.717, 1.165) is 11.5 Å². The normalized spacial score (nSPS) is 11.2. The molecule has 0 aromatic carbocycles. The van der Waals surface area contributed by atoms with Crippen LogP contribution in [0.1, 0.15) is 48.7 Å². The first kappa shape index (κ1) is 17.2. The minimum absolute atomic E-state index is 0.0898. The van der Waals surface area contributed by atoms with Crippen LogP contribution in [0.15, 0.2) is 18.5 Å². The van der Waals surface area contributed by atoms with Crippen LogP contribution in [0.2, 0.25) is 0 Å². The van der Waals surface area contributed by atoms with Crippen LogP contribution in [-0.2, 0) is 20.1 Å². The van der Waals surface area contributed by atoms with Crippen molar-refractivity contribution in [3.63, 3.8) is 0 Å². The quantitative estimate of drug-likeness (QED) is 0.837. The van der Waals surface area contributed by atoms with E-state index >= 15 is 0 Å². The van der Waals surface area contributed by atoms with Gasteiger partial charge in [0.1, 0.15) is 11.5 Å². The monoisotopic (exact) mass is 319 g/mol. The Labute approximate surface area is 136 Å². The molecule has 0 aliphatic heterocycles. The largest absolute Gasteiger partial charge is 0.395 e. The molecule has 126 valence electrons. The van der Waals surface area contributed by atoms with E-state index in [0.29, 0.717) is 18.8 Å². The second kappa shape index (κ2) is 7.41. The maximum Gasteiger partial charge on any atom is 0.272 e. The van der Waals surface area contributed by atoms with Gasteiger partial charge < -0.3 is 14.6 Å². The third-order valence-electron chi connectivity index (χ3n) is 3.82. The van der Waals surface area contributed by atoms with Crippen LogP contribution in [0, 0.1) is 0 Å². The van der Waals surface area contributed by atoms with Crippen molar-refractivity contribution in [2.24, 2.45) is 7.05 Å². The third kappa shape index (κ3) is 3.79. The van der Waals surface area contributed by atoms with E-state index in [1.165, 1.54) is 0 Å². The molecule has 0 unspecified atom stereocenters. The molecule has 0 fully saturated rings. The van der Waals surface area contributed by atoms with Crippen molar-refractivity contribution in [1.29, 1.82) is 0 Å². The standard InChI is InChI=1S/C16H25N5O2/c1-5-21-14(10-13(18-21)12(2)3)16(23)20(8-9-22)11-15-17-6-7-19(15)4/h6-7,10,12,22H,5,8-9,11H2,1-4H3. The maximum absolute atomic E-state index is 12.9. The van der Waals surface area contributed by atoms with Gasteiger partial charge in [0.2, 0.25) is 0 Å². The second-order valence-electron chi connectivity index (χ2n) is 5.83. The summed E-state index contributed by atoms with van der Waals surface area (Å²) in [6, 6.07) is 1.85. The van der Waals surface area contributed by atoms with Crippen LogP contribution < -0.4 is 0 Å². The molecule has 1 amide bonds. The van der Waals surface area contributed by atoms with Crippen LogP contribution in [0.3, 0.4) is 0 Å². The number of aryl methyl sites for hydroxylation is 2. The molecule has 23 heavy (non-hydrogen) atoms. The summed E-state index contributed by atoms with van der Waals surface area (Å²) in [5, 5.41) is 13.8. The summed E-state index contributed by atoms with van der Waals surface area (Å²) >= 11 is 0. The Kier molecular flexibility index (Phi) is 5.54. The predicted molar refractivity (Wildman–Crippen MR) is 87.0 cm³/mol. The molecule has 2 rings (SSSR count). The molecule has 2 aromatic heterocycles. The van der Waals surface area contributed by atoms with Crippen molar-refractivity contribution in [2.75, 3.05) is 13.2 Å². The summed E-state index contributed by atoms with van der Waals surface area (Å²) < 4.78 is 3.59. The number of carbonyl (C=O) groups is 1. The highest BCUT2D eigenvalue weighted by Crippen LogP contribution is 2.17. The molecule has 0 aliphatic rings. The number of amides is 1. The van der Waals surface area contributed by atoms with E-state index in [2.05, 4.69) is 23.9 Å². The van der Waals surface area contributed by atoms with Crippen LogP contribution in [0.5, 0.6) is 0 Å². The molecule has 0 atom stereocenters. The van der Waals surface area contributed by atoms with Crippen LogP contribution in [-0.4, -0.2) is 48.4 Å². The molecule has 2 aromatic rings. The molecule has 0 spiro atoms. The Bertz CT molecular complexity index is 659. The van der Waals surface area contributed by atoms with Gasteiger partial charge in [-0.1, -0.05) is 13.8 Å². The number of rotatable bonds is 7. The first-order valence-electron chi connectivity index (χ1n) is 7.92. The van der Waals surface area contributed by atoms with Gasteiger partial charge in [-0.25, -0.2) is 4.98 Å². The zero-order valence-corrected chi connectivity index (χ0v) is 14.2. The Morgan fingerprint density at radius 2 is 2.17 bits per heavy atom. The highest BCUT2D eigenvalue weighted by molar-refractivity contribution is 5.92.